The van der Waals surface area contributed by atoms with Crippen molar-refractivity contribution in [2.24, 2.45) is 0 Å². The Kier molecular flexibility index (Phi) is 5.41. The van der Waals surface area contributed by atoms with E-state index in [0.717, 1.165) is 43.4 Å². The summed E-state index contributed by atoms with van der Waals surface area (Å²) in [4.78, 5) is 25.5. The van der Waals surface area contributed by atoms with Crippen LogP contribution in [-0.4, -0.2) is 39.2 Å². The van der Waals surface area contributed by atoms with Crippen LogP contribution >= 0.6 is 0 Å². The van der Waals surface area contributed by atoms with E-state index in [2.05, 4.69) is 15.0 Å². The number of carbonyl (C=O) groups excluding carboxylic acids is 2. The molecule has 0 amide bonds. The number of nitrogens with one attached hydrogen (secondary N) is 1. The average Bonchev–Trinajstić information content (AvgIpc) is 3.08. The van der Waals surface area contributed by atoms with Gasteiger partial charge in [-0.1, -0.05) is 12.1 Å². The van der Waals surface area contributed by atoms with Crippen molar-refractivity contribution in [1.29, 1.82) is 0 Å². The average molecular weight is 304 g/mol. The second-order valence-corrected chi connectivity index (χ2v) is 4.91. The van der Waals surface area contributed by atoms with Gasteiger partial charge in [0.25, 0.3) is 0 Å². The molecule has 1 saturated heterocycles. The normalized spacial score (nSPS) is 14.6. The molecule has 22 heavy (non-hydrogen) atoms. The van der Waals surface area contributed by atoms with Crippen LogP contribution in [-0.2, 0) is 19.1 Å². The molecule has 0 bridgehead atoms. The fraction of sp³-hybridized carbons (Fsp3) is 0.375. The molecule has 1 aliphatic rings. The SMILES string of the molecule is COC(=O)/C=C(/Nc1ccccc1N1CCCC1)C(=O)OC. The van der Waals surface area contributed by atoms with E-state index in [1.165, 1.54) is 14.2 Å². The van der Waals surface area contributed by atoms with E-state index in [4.69, 9.17) is 4.74 Å². The number of esters is 2. The molecule has 1 heterocycles. The minimum atomic E-state index is -0.623. The van der Waals surface area contributed by atoms with Crippen LogP contribution in [0.15, 0.2) is 36.0 Å². The number of anilines is 2. The van der Waals surface area contributed by atoms with E-state index in [-0.39, 0.29) is 5.70 Å². The fourth-order valence-corrected chi connectivity index (χ4v) is 2.39. The van der Waals surface area contributed by atoms with Crippen molar-refractivity contribution in [1.82, 2.24) is 0 Å². The third-order valence-corrected chi connectivity index (χ3v) is 3.49. The Bertz CT molecular complexity index is 577. The molecule has 0 unspecified atom stereocenters. The van der Waals surface area contributed by atoms with Crippen LogP contribution in [0.3, 0.4) is 0 Å². The van der Waals surface area contributed by atoms with E-state index < -0.39 is 11.9 Å². The summed E-state index contributed by atoms with van der Waals surface area (Å²) in [6.07, 6.45) is 3.39. The molecule has 2 rings (SSSR count). The molecule has 118 valence electrons. The number of rotatable bonds is 5. The molecule has 0 aromatic heterocycles. The zero-order chi connectivity index (χ0) is 15.9. The number of methoxy groups -OCH3 is 2. The van der Waals surface area contributed by atoms with Gasteiger partial charge in [-0.2, -0.15) is 0 Å². The van der Waals surface area contributed by atoms with Crippen molar-refractivity contribution in [2.45, 2.75) is 12.8 Å². The maximum absolute atomic E-state index is 11.8. The number of ether oxygens (including phenoxy) is 2. The van der Waals surface area contributed by atoms with Gasteiger partial charge in [-0.3, -0.25) is 0 Å². The summed E-state index contributed by atoms with van der Waals surface area (Å²) in [6.45, 7) is 1.96. The summed E-state index contributed by atoms with van der Waals surface area (Å²) in [6, 6.07) is 7.66. The van der Waals surface area contributed by atoms with Gasteiger partial charge < -0.3 is 19.7 Å². The highest BCUT2D eigenvalue weighted by molar-refractivity contribution is 5.99. The Hall–Kier alpha value is -2.50. The minimum absolute atomic E-state index is 0.0426. The molecule has 1 aromatic rings. The van der Waals surface area contributed by atoms with Gasteiger partial charge in [0, 0.05) is 13.1 Å². The molecular formula is C16H20N2O4. The van der Waals surface area contributed by atoms with Crippen molar-refractivity contribution >= 4 is 23.3 Å². The Balaban J connectivity index is 2.28. The predicted molar refractivity (Wildman–Crippen MR) is 83.6 cm³/mol. The maximum Gasteiger partial charge on any atom is 0.354 e. The third kappa shape index (κ3) is 3.78. The van der Waals surface area contributed by atoms with Crippen LogP contribution < -0.4 is 10.2 Å². The number of hydrogen-bond donors (Lipinski definition) is 1. The number of carbonyl (C=O) groups is 2. The number of hydrogen-bond acceptors (Lipinski definition) is 6. The highest BCUT2D eigenvalue weighted by Gasteiger charge is 2.18. The van der Waals surface area contributed by atoms with Crippen LogP contribution in [0.4, 0.5) is 11.4 Å². The molecule has 6 heteroatoms. The topological polar surface area (TPSA) is 67.9 Å². The highest BCUT2D eigenvalue weighted by atomic mass is 16.5. The van der Waals surface area contributed by atoms with Crippen molar-refractivity contribution in [2.75, 3.05) is 37.5 Å². The molecule has 0 spiro atoms. The molecule has 0 saturated carbocycles. The monoisotopic (exact) mass is 304 g/mol. The predicted octanol–water partition coefficient (Wildman–Crippen LogP) is 1.93. The highest BCUT2D eigenvalue weighted by Crippen LogP contribution is 2.29. The van der Waals surface area contributed by atoms with Gasteiger partial charge in [-0.25, -0.2) is 9.59 Å². The molecule has 0 aliphatic carbocycles. The standard InChI is InChI=1S/C16H20N2O4/c1-21-15(19)11-13(16(20)22-2)17-12-7-3-4-8-14(12)18-9-5-6-10-18/h3-4,7-8,11,17H,5-6,9-10H2,1-2H3/b13-11+. The summed E-state index contributed by atoms with van der Waals surface area (Å²) in [5, 5.41) is 2.98. The van der Waals surface area contributed by atoms with Gasteiger partial charge in [0.1, 0.15) is 5.70 Å². The summed E-state index contributed by atoms with van der Waals surface area (Å²) >= 11 is 0. The first-order valence-electron chi connectivity index (χ1n) is 7.14. The van der Waals surface area contributed by atoms with E-state index in [9.17, 15) is 9.59 Å². The second kappa shape index (κ2) is 7.49. The lowest BCUT2D eigenvalue weighted by molar-refractivity contribution is -0.138. The van der Waals surface area contributed by atoms with Gasteiger partial charge in [0.15, 0.2) is 0 Å². The Morgan fingerprint density at radius 3 is 2.45 bits per heavy atom. The molecule has 1 aromatic carbocycles. The van der Waals surface area contributed by atoms with Crippen LogP contribution in [0.5, 0.6) is 0 Å². The lowest BCUT2D eigenvalue weighted by Crippen LogP contribution is -2.21. The number of benzene rings is 1. The zero-order valence-corrected chi connectivity index (χ0v) is 12.8. The first kappa shape index (κ1) is 15.9. The minimum Gasteiger partial charge on any atom is -0.466 e. The van der Waals surface area contributed by atoms with Crippen molar-refractivity contribution in [3.05, 3.63) is 36.0 Å². The molecule has 0 radical (unpaired) electrons. The fourth-order valence-electron chi connectivity index (χ4n) is 2.39. The van der Waals surface area contributed by atoms with Crippen molar-refractivity contribution < 1.29 is 19.1 Å². The molecule has 1 fully saturated rings. The van der Waals surface area contributed by atoms with E-state index >= 15 is 0 Å². The first-order chi connectivity index (χ1) is 10.7. The Morgan fingerprint density at radius 1 is 1.14 bits per heavy atom. The van der Waals surface area contributed by atoms with Gasteiger partial charge in [0.2, 0.25) is 0 Å². The van der Waals surface area contributed by atoms with Crippen LogP contribution in [0.2, 0.25) is 0 Å². The number of nitrogens with zero attached hydrogens (tertiary/aromatic N) is 1. The molecule has 1 N–H and O–H groups in total. The molecule has 1 aliphatic heterocycles. The molecular weight excluding hydrogens is 284 g/mol. The smallest absolute Gasteiger partial charge is 0.354 e. The van der Waals surface area contributed by atoms with Gasteiger partial charge in [-0.05, 0) is 25.0 Å². The first-order valence-corrected chi connectivity index (χ1v) is 7.14. The molecule has 6 nitrogen and oxygen atoms in total. The Labute approximate surface area is 129 Å². The quantitative estimate of drug-likeness (QED) is 0.662. The van der Waals surface area contributed by atoms with Gasteiger partial charge in [-0.15, -0.1) is 0 Å². The summed E-state index contributed by atoms with van der Waals surface area (Å²) in [7, 11) is 2.52. The van der Waals surface area contributed by atoms with Crippen LogP contribution in [0, 0.1) is 0 Å². The van der Waals surface area contributed by atoms with Crippen LogP contribution in [0.25, 0.3) is 0 Å². The molecule has 0 atom stereocenters. The summed E-state index contributed by atoms with van der Waals surface area (Å²) in [5.41, 5.74) is 1.80. The zero-order valence-electron chi connectivity index (χ0n) is 12.8. The van der Waals surface area contributed by atoms with Crippen molar-refractivity contribution in [3.63, 3.8) is 0 Å². The summed E-state index contributed by atoms with van der Waals surface area (Å²) in [5.74, 6) is -1.24. The third-order valence-electron chi connectivity index (χ3n) is 3.49. The van der Waals surface area contributed by atoms with E-state index in [1.54, 1.807) is 0 Å². The van der Waals surface area contributed by atoms with Crippen molar-refractivity contribution in [3.8, 4) is 0 Å². The van der Waals surface area contributed by atoms with E-state index in [1.807, 2.05) is 24.3 Å². The van der Waals surface area contributed by atoms with Gasteiger partial charge in [0.05, 0.1) is 31.7 Å². The van der Waals surface area contributed by atoms with Crippen LogP contribution in [0.1, 0.15) is 12.8 Å². The maximum atomic E-state index is 11.8. The number of para-hydroxylation sites is 2. The van der Waals surface area contributed by atoms with Gasteiger partial charge >= 0.3 is 11.9 Å². The summed E-state index contributed by atoms with van der Waals surface area (Å²) < 4.78 is 9.27. The van der Waals surface area contributed by atoms with E-state index in [0.29, 0.717) is 0 Å². The largest absolute Gasteiger partial charge is 0.466 e. The second-order valence-electron chi connectivity index (χ2n) is 4.91. The lowest BCUT2D eigenvalue weighted by atomic mass is 10.2. The Morgan fingerprint density at radius 2 is 1.82 bits per heavy atom. The lowest BCUT2D eigenvalue weighted by Gasteiger charge is -2.22.